The Kier molecular flexibility index (Phi) is 3.87. The van der Waals surface area contributed by atoms with E-state index in [0.29, 0.717) is 27.0 Å². The first-order chi connectivity index (χ1) is 12.2. The van der Waals surface area contributed by atoms with Gasteiger partial charge in [0.15, 0.2) is 0 Å². The van der Waals surface area contributed by atoms with Crippen molar-refractivity contribution in [2.45, 2.75) is 0 Å². The molecule has 4 aromatic rings. The predicted molar refractivity (Wildman–Crippen MR) is 98.0 cm³/mol. The van der Waals surface area contributed by atoms with Gasteiger partial charge in [0.05, 0.1) is 15.8 Å². The number of hydrogen-bond donors (Lipinski definition) is 1. The number of nitrogens with one attached hydrogen (secondary N) is 1. The van der Waals surface area contributed by atoms with Crippen molar-refractivity contribution in [3.63, 3.8) is 0 Å². The van der Waals surface area contributed by atoms with Gasteiger partial charge < -0.3 is 9.73 Å². The number of rotatable bonds is 3. The zero-order valence-corrected chi connectivity index (χ0v) is 13.7. The van der Waals surface area contributed by atoms with Crippen LogP contribution in [0.2, 0.25) is 0 Å². The number of nitrogens with zero attached hydrogens (tertiary/aromatic N) is 1. The molecule has 0 aliphatic rings. The Hall–Kier alpha value is -3.25. The van der Waals surface area contributed by atoms with E-state index in [0.717, 1.165) is 0 Å². The average Bonchev–Trinajstić information content (AvgIpc) is 3.17. The van der Waals surface area contributed by atoms with Crippen LogP contribution in [0.25, 0.3) is 22.4 Å². The van der Waals surface area contributed by atoms with Crippen molar-refractivity contribution in [3.05, 3.63) is 81.3 Å². The van der Waals surface area contributed by atoms with Crippen molar-refractivity contribution in [2.24, 2.45) is 0 Å². The Morgan fingerprint density at radius 1 is 1.04 bits per heavy atom. The Bertz CT molecular complexity index is 1120. The molecule has 0 unspecified atom stereocenters. The van der Waals surface area contributed by atoms with Crippen molar-refractivity contribution in [1.29, 1.82) is 0 Å². The van der Waals surface area contributed by atoms with Crippen LogP contribution in [0, 0.1) is 0 Å². The van der Waals surface area contributed by atoms with E-state index in [4.69, 9.17) is 4.42 Å². The summed E-state index contributed by atoms with van der Waals surface area (Å²) in [6.07, 6.45) is 0. The first-order valence-corrected chi connectivity index (χ1v) is 8.44. The van der Waals surface area contributed by atoms with Gasteiger partial charge in [-0.05, 0) is 41.8 Å². The van der Waals surface area contributed by atoms with Gasteiger partial charge in [0.1, 0.15) is 0 Å². The fourth-order valence-electron chi connectivity index (χ4n) is 2.47. The molecule has 4 rings (SSSR count). The van der Waals surface area contributed by atoms with Crippen LogP contribution >= 0.6 is 11.3 Å². The van der Waals surface area contributed by atoms with Crippen LogP contribution in [-0.4, -0.2) is 10.9 Å². The smallest absolute Gasteiger partial charge is 0.347 e. The molecule has 1 amide bonds. The Labute approximate surface area is 146 Å². The van der Waals surface area contributed by atoms with Crippen molar-refractivity contribution < 1.29 is 9.21 Å². The summed E-state index contributed by atoms with van der Waals surface area (Å²) in [6.45, 7) is 0. The number of carbonyl (C=O) groups is 1. The molecule has 6 heteroatoms. The van der Waals surface area contributed by atoms with Crippen LogP contribution in [0.5, 0.6) is 0 Å². The molecule has 0 aliphatic carbocycles. The van der Waals surface area contributed by atoms with E-state index in [1.165, 1.54) is 11.3 Å². The maximum absolute atomic E-state index is 12.2. The lowest BCUT2D eigenvalue weighted by atomic mass is 10.2. The second-order valence-electron chi connectivity index (χ2n) is 5.34. The number of carbonyl (C=O) groups excluding carboxylic acids is 1. The van der Waals surface area contributed by atoms with Gasteiger partial charge in [-0.3, -0.25) is 4.79 Å². The molecule has 0 spiro atoms. The molecule has 0 radical (unpaired) electrons. The summed E-state index contributed by atoms with van der Waals surface area (Å²) in [4.78, 5) is 29.3. The molecule has 2 aromatic carbocycles. The monoisotopic (exact) mass is 348 g/mol. The molecule has 0 bridgehead atoms. The highest BCUT2D eigenvalue weighted by molar-refractivity contribution is 7.12. The van der Waals surface area contributed by atoms with Gasteiger partial charge in [0, 0.05) is 11.3 Å². The van der Waals surface area contributed by atoms with Crippen molar-refractivity contribution in [2.75, 3.05) is 5.32 Å². The SMILES string of the molecule is O=C(Nc1cccc(-c2nc3ccccc3c(=O)o2)c1)c1cccs1. The zero-order valence-electron chi connectivity index (χ0n) is 12.9. The molecule has 2 aromatic heterocycles. The maximum Gasteiger partial charge on any atom is 0.347 e. The third kappa shape index (κ3) is 3.07. The highest BCUT2D eigenvalue weighted by Gasteiger charge is 2.11. The fourth-order valence-corrected chi connectivity index (χ4v) is 3.09. The van der Waals surface area contributed by atoms with E-state index in [1.807, 2.05) is 17.5 Å². The zero-order chi connectivity index (χ0) is 17.2. The van der Waals surface area contributed by atoms with Gasteiger partial charge >= 0.3 is 5.63 Å². The molecular formula is C19H12N2O3S. The van der Waals surface area contributed by atoms with Crippen LogP contribution in [0.15, 0.2) is 75.3 Å². The number of hydrogen-bond acceptors (Lipinski definition) is 5. The molecule has 122 valence electrons. The highest BCUT2D eigenvalue weighted by atomic mass is 32.1. The summed E-state index contributed by atoms with van der Waals surface area (Å²) < 4.78 is 5.33. The fraction of sp³-hybridized carbons (Fsp3) is 0. The van der Waals surface area contributed by atoms with Gasteiger partial charge in [0.2, 0.25) is 5.89 Å². The van der Waals surface area contributed by atoms with E-state index < -0.39 is 5.63 Å². The number of thiophene rings is 1. The molecule has 25 heavy (non-hydrogen) atoms. The minimum absolute atomic E-state index is 0.180. The normalized spacial score (nSPS) is 10.7. The number of para-hydroxylation sites is 1. The van der Waals surface area contributed by atoms with E-state index in [-0.39, 0.29) is 11.8 Å². The molecule has 5 nitrogen and oxygen atoms in total. The lowest BCUT2D eigenvalue weighted by Gasteiger charge is -2.06. The minimum Gasteiger partial charge on any atom is -0.403 e. The molecule has 2 heterocycles. The van der Waals surface area contributed by atoms with E-state index in [9.17, 15) is 9.59 Å². The lowest BCUT2D eigenvalue weighted by Crippen LogP contribution is -2.10. The first-order valence-electron chi connectivity index (χ1n) is 7.56. The van der Waals surface area contributed by atoms with Crippen LogP contribution in [-0.2, 0) is 0 Å². The van der Waals surface area contributed by atoms with Crippen molar-refractivity contribution in [3.8, 4) is 11.5 Å². The van der Waals surface area contributed by atoms with Gasteiger partial charge in [-0.1, -0.05) is 24.3 Å². The molecule has 0 fully saturated rings. The summed E-state index contributed by atoms with van der Waals surface area (Å²) in [5.41, 5.74) is 1.36. The summed E-state index contributed by atoms with van der Waals surface area (Å²) in [7, 11) is 0. The largest absolute Gasteiger partial charge is 0.403 e. The number of anilines is 1. The van der Waals surface area contributed by atoms with Gasteiger partial charge in [-0.15, -0.1) is 11.3 Å². The first kappa shape index (κ1) is 15.3. The standard InChI is InChI=1S/C19H12N2O3S/c22-17(16-9-4-10-25-16)20-13-6-3-5-12(11-13)18-21-15-8-2-1-7-14(15)19(23)24-18/h1-11H,(H,20,22). The van der Waals surface area contributed by atoms with Gasteiger partial charge in [-0.25, -0.2) is 9.78 Å². The molecule has 0 saturated carbocycles. The van der Waals surface area contributed by atoms with E-state index in [1.54, 1.807) is 48.5 Å². The third-order valence-corrected chi connectivity index (χ3v) is 4.52. The van der Waals surface area contributed by atoms with Crippen LogP contribution in [0.4, 0.5) is 5.69 Å². The van der Waals surface area contributed by atoms with Gasteiger partial charge in [-0.2, -0.15) is 0 Å². The van der Waals surface area contributed by atoms with E-state index >= 15 is 0 Å². The summed E-state index contributed by atoms with van der Waals surface area (Å²) in [5.74, 6) is 0.0380. The quantitative estimate of drug-likeness (QED) is 0.603. The number of amides is 1. The maximum atomic E-state index is 12.2. The minimum atomic E-state index is -0.436. The molecule has 0 aliphatic heterocycles. The van der Waals surface area contributed by atoms with Crippen LogP contribution in [0.1, 0.15) is 9.67 Å². The number of fused-ring (bicyclic) bond motifs is 1. The van der Waals surface area contributed by atoms with E-state index in [2.05, 4.69) is 10.3 Å². The van der Waals surface area contributed by atoms with Crippen LogP contribution < -0.4 is 10.9 Å². The second-order valence-corrected chi connectivity index (χ2v) is 6.28. The molecular weight excluding hydrogens is 336 g/mol. The highest BCUT2D eigenvalue weighted by Crippen LogP contribution is 2.22. The Morgan fingerprint density at radius 2 is 1.92 bits per heavy atom. The van der Waals surface area contributed by atoms with Crippen LogP contribution in [0.3, 0.4) is 0 Å². The Morgan fingerprint density at radius 3 is 2.76 bits per heavy atom. The Balaban J connectivity index is 1.70. The van der Waals surface area contributed by atoms with Crippen molar-refractivity contribution in [1.82, 2.24) is 4.98 Å². The summed E-state index contributed by atoms with van der Waals surface area (Å²) >= 11 is 1.37. The third-order valence-electron chi connectivity index (χ3n) is 3.65. The summed E-state index contributed by atoms with van der Waals surface area (Å²) in [6, 6.07) is 17.7. The number of aromatic nitrogens is 1. The number of benzene rings is 2. The molecule has 1 N–H and O–H groups in total. The average molecular weight is 348 g/mol. The topological polar surface area (TPSA) is 72.2 Å². The summed E-state index contributed by atoms with van der Waals surface area (Å²) in [5, 5.41) is 5.11. The lowest BCUT2D eigenvalue weighted by molar-refractivity contribution is 0.103. The second kappa shape index (κ2) is 6.33. The molecule has 0 saturated heterocycles. The van der Waals surface area contributed by atoms with Crippen molar-refractivity contribution >= 4 is 33.8 Å². The van der Waals surface area contributed by atoms with Gasteiger partial charge in [0.25, 0.3) is 5.91 Å². The molecule has 0 atom stereocenters. The predicted octanol–water partition coefficient (Wildman–Crippen LogP) is 4.17.